The molecule has 0 atom stereocenters. The van der Waals surface area contributed by atoms with E-state index in [2.05, 4.69) is 4.99 Å². The van der Waals surface area contributed by atoms with Gasteiger partial charge in [-0.05, 0) is 36.1 Å². The van der Waals surface area contributed by atoms with Crippen LogP contribution in [0.2, 0.25) is 0 Å². The standard InChI is InChI=1S/C12H8F3NO2/c1-18-10-6-4-9(5-7-10)16-11(3-2-8-17)12(13,14)15/h4-8H,1H3. The predicted molar refractivity (Wildman–Crippen MR) is 60.0 cm³/mol. The molecule has 1 aromatic carbocycles. The molecule has 3 nitrogen and oxygen atoms in total. The van der Waals surface area contributed by atoms with Gasteiger partial charge in [-0.1, -0.05) is 0 Å². The SMILES string of the molecule is COc1ccc(N=C(C#CC=O)C(F)(F)F)cc1. The van der Waals surface area contributed by atoms with Crippen LogP contribution in [0.5, 0.6) is 5.75 Å². The van der Waals surface area contributed by atoms with Crippen molar-refractivity contribution in [2.75, 3.05) is 7.11 Å². The molecule has 18 heavy (non-hydrogen) atoms. The van der Waals surface area contributed by atoms with Crippen molar-refractivity contribution in [3.05, 3.63) is 24.3 Å². The van der Waals surface area contributed by atoms with Gasteiger partial charge in [-0.25, -0.2) is 4.99 Å². The van der Waals surface area contributed by atoms with E-state index in [0.717, 1.165) is 0 Å². The van der Waals surface area contributed by atoms with Gasteiger partial charge < -0.3 is 4.74 Å². The quantitative estimate of drug-likeness (QED) is 0.462. The molecule has 0 unspecified atom stereocenters. The minimum atomic E-state index is -4.70. The molecule has 0 fully saturated rings. The number of aldehydes is 1. The average Bonchev–Trinajstić information content (AvgIpc) is 2.34. The third-order valence-electron chi connectivity index (χ3n) is 1.83. The summed E-state index contributed by atoms with van der Waals surface area (Å²) in [6.07, 6.45) is -4.62. The number of hydrogen-bond donors (Lipinski definition) is 0. The summed E-state index contributed by atoms with van der Waals surface area (Å²) in [6, 6.07) is 5.65. The highest BCUT2D eigenvalue weighted by Crippen LogP contribution is 2.23. The van der Waals surface area contributed by atoms with Crippen molar-refractivity contribution in [1.82, 2.24) is 0 Å². The van der Waals surface area contributed by atoms with Crippen LogP contribution >= 0.6 is 0 Å². The van der Waals surface area contributed by atoms with Gasteiger partial charge in [-0.15, -0.1) is 0 Å². The molecule has 0 aliphatic rings. The first-order valence-corrected chi connectivity index (χ1v) is 4.72. The number of benzene rings is 1. The molecule has 0 heterocycles. The first-order chi connectivity index (χ1) is 8.47. The van der Waals surface area contributed by atoms with Gasteiger partial charge in [0.25, 0.3) is 0 Å². The third kappa shape index (κ3) is 3.94. The van der Waals surface area contributed by atoms with E-state index in [4.69, 9.17) is 4.74 Å². The lowest BCUT2D eigenvalue weighted by Gasteiger charge is -2.04. The number of nitrogens with zero attached hydrogens (tertiary/aromatic N) is 1. The van der Waals surface area contributed by atoms with Crippen LogP contribution in [0.4, 0.5) is 18.9 Å². The normalized spacial score (nSPS) is 11.4. The molecule has 94 valence electrons. The van der Waals surface area contributed by atoms with Crippen molar-refractivity contribution in [3.8, 4) is 17.6 Å². The fraction of sp³-hybridized carbons (Fsp3) is 0.167. The molecule has 0 N–H and O–H groups in total. The number of halogens is 3. The zero-order chi connectivity index (χ0) is 13.6. The van der Waals surface area contributed by atoms with Crippen molar-refractivity contribution in [2.24, 2.45) is 4.99 Å². The summed E-state index contributed by atoms with van der Waals surface area (Å²) in [5.74, 6) is 3.86. The maximum absolute atomic E-state index is 12.5. The summed E-state index contributed by atoms with van der Waals surface area (Å²) in [4.78, 5) is 13.3. The molecule has 0 aliphatic carbocycles. The molecular weight excluding hydrogens is 247 g/mol. The number of methoxy groups -OCH3 is 1. The van der Waals surface area contributed by atoms with Gasteiger partial charge in [0.15, 0.2) is 12.0 Å². The molecule has 0 saturated heterocycles. The second kappa shape index (κ2) is 5.87. The van der Waals surface area contributed by atoms with E-state index in [1.54, 1.807) is 11.8 Å². The summed E-state index contributed by atoms with van der Waals surface area (Å²) in [7, 11) is 1.44. The number of aliphatic imine (C=N–C) groups is 1. The van der Waals surface area contributed by atoms with E-state index in [1.807, 2.05) is 0 Å². The topological polar surface area (TPSA) is 38.7 Å². The number of rotatable bonds is 2. The summed E-state index contributed by atoms with van der Waals surface area (Å²) >= 11 is 0. The van der Waals surface area contributed by atoms with Crippen LogP contribution in [-0.4, -0.2) is 25.3 Å². The second-order valence-corrected chi connectivity index (χ2v) is 3.04. The number of carbonyl (C=O) groups is 1. The van der Waals surface area contributed by atoms with Gasteiger partial charge in [0.05, 0.1) is 12.8 Å². The predicted octanol–water partition coefficient (Wildman–Crippen LogP) is 2.53. The van der Waals surface area contributed by atoms with Crippen molar-refractivity contribution < 1.29 is 22.7 Å². The highest BCUT2D eigenvalue weighted by molar-refractivity contribution is 6.07. The molecule has 0 aromatic heterocycles. The smallest absolute Gasteiger partial charge is 0.441 e. The van der Waals surface area contributed by atoms with Gasteiger partial charge in [-0.2, -0.15) is 13.2 Å². The Morgan fingerprint density at radius 2 is 1.94 bits per heavy atom. The fourth-order valence-corrected chi connectivity index (χ4v) is 1.05. The van der Waals surface area contributed by atoms with Gasteiger partial charge in [0, 0.05) is 0 Å². The third-order valence-corrected chi connectivity index (χ3v) is 1.83. The van der Waals surface area contributed by atoms with Crippen LogP contribution in [0.25, 0.3) is 0 Å². The van der Waals surface area contributed by atoms with E-state index in [-0.39, 0.29) is 12.0 Å². The Morgan fingerprint density at radius 1 is 1.33 bits per heavy atom. The van der Waals surface area contributed by atoms with Crippen LogP contribution < -0.4 is 4.74 Å². The zero-order valence-electron chi connectivity index (χ0n) is 9.28. The van der Waals surface area contributed by atoms with E-state index >= 15 is 0 Å². The number of ether oxygens (including phenoxy) is 1. The van der Waals surface area contributed by atoms with Crippen LogP contribution in [0, 0.1) is 11.8 Å². The lowest BCUT2D eigenvalue weighted by atomic mass is 10.3. The maximum Gasteiger partial charge on any atom is 0.441 e. The van der Waals surface area contributed by atoms with Crippen molar-refractivity contribution >= 4 is 17.7 Å². The van der Waals surface area contributed by atoms with E-state index < -0.39 is 11.9 Å². The van der Waals surface area contributed by atoms with Crippen LogP contribution in [0.15, 0.2) is 29.3 Å². The lowest BCUT2D eigenvalue weighted by molar-refractivity contribution is -0.103. The van der Waals surface area contributed by atoms with Gasteiger partial charge in [-0.3, -0.25) is 4.79 Å². The maximum atomic E-state index is 12.5. The minimum absolute atomic E-state index is 0.0725. The zero-order valence-corrected chi connectivity index (χ0v) is 9.28. The Bertz CT molecular complexity index is 507. The molecule has 1 rings (SSSR count). The van der Waals surface area contributed by atoms with Gasteiger partial charge in [0.1, 0.15) is 5.75 Å². The second-order valence-electron chi connectivity index (χ2n) is 3.04. The Labute approximate surface area is 101 Å². The molecule has 0 amide bonds. The van der Waals surface area contributed by atoms with E-state index in [1.165, 1.54) is 31.4 Å². The van der Waals surface area contributed by atoms with Crippen molar-refractivity contribution in [2.45, 2.75) is 6.18 Å². The monoisotopic (exact) mass is 255 g/mol. The molecule has 0 radical (unpaired) electrons. The Balaban J connectivity index is 3.11. The number of carbonyl (C=O) groups excluding carboxylic acids is 1. The average molecular weight is 255 g/mol. The van der Waals surface area contributed by atoms with E-state index in [9.17, 15) is 18.0 Å². The molecule has 0 spiro atoms. The summed E-state index contributed by atoms with van der Waals surface area (Å²) in [6.45, 7) is 0. The largest absolute Gasteiger partial charge is 0.497 e. The lowest BCUT2D eigenvalue weighted by Crippen LogP contribution is -2.21. The summed E-state index contributed by atoms with van der Waals surface area (Å²) in [5.41, 5.74) is -1.25. The fourth-order valence-electron chi connectivity index (χ4n) is 1.05. The van der Waals surface area contributed by atoms with Crippen LogP contribution in [0.1, 0.15) is 0 Å². The number of hydrogen-bond acceptors (Lipinski definition) is 3. The van der Waals surface area contributed by atoms with Gasteiger partial charge >= 0.3 is 6.18 Å². The first kappa shape index (κ1) is 13.8. The number of alkyl halides is 3. The Kier molecular flexibility index (Phi) is 4.49. The molecule has 1 aromatic rings. The van der Waals surface area contributed by atoms with Crippen LogP contribution in [-0.2, 0) is 4.79 Å². The summed E-state index contributed by atoms with van der Waals surface area (Å²) in [5, 5.41) is 0. The molecule has 0 aliphatic heterocycles. The van der Waals surface area contributed by atoms with Crippen molar-refractivity contribution in [1.29, 1.82) is 0 Å². The van der Waals surface area contributed by atoms with Crippen molar-refractivity contribution in [3.63, 3.8) is 0 Å². The Morgan fingerprint density at radius 3 is 2.39 bits per heavy atom. The first-order valence-electron chi connectivity index (χ1n) is 4.72. The molecule has 6 heteroatoms. The van der Waals surface area contributed by atoms with Crippen LogP contribution in [0.3, 0.4) is 0 Å². The minimum Gasteiger partial charge on any atom is -0.497 e. The Hall–Kier alpha value is -2.29. The highest BCUT2D eigenvalue weighted by Gasteiger charge is 2.34. The van der Waals surface area contributed by atoms with Gasteiger partial charge in [0.2, 0.25) is 0 Å². The van der Waals surface area contributed by atoms with E-state index in [0.29, 0.717) is 5.75 Å². The molecular formula is C12H8F3NO2. The highest BCUT2D eigenvalue weighted by atomic mass is 19.4. The molecule has 0 bridgehead atoms. The summed E-state index contributed by atoms with van der Waals surface area (Å²) < 4.78 is 42.4. The molecule has 0 saturated carbocycles.